The van der Waals surface area contributed by atoms with Crippen LogP contribution in [-0.2, 0) is 11.3 Å². The summed E-state index contributed by atoms with van der Waals surface area (Å²) in [4.78, 5) is 12.4. The van der Waals surface area contributed by atoms with Crippen LogP contribution in [0, 0.1) is 6.92 Å². The summed E-state index contributed by atoms with van der Waals surface area (Å²) < 4.78 is 7.48. The molecule has 1 amide bonds. The lowest BCUT2D eigenvalue weighted by atomic mass is 10.1. The first-order valence-electron chi connectivity index (χ1n) is 9.29. The van der Waals surface area contributed by atoms with Gasteiger partial charge in [0.15, 0.2) is 11.0 Å². The average Bonchev–Trinajstić information content (AvgIpc) is 3.37. The quantitative estimate of drug-likeness (QED) is 0.397. The van der Waals surface area contributed by atoms with E-state index in [9.17, 15) is 4.79 Å². The van der Waals surface area contributed by atoms with E-state index in [-0.39, 0.29) is 11.7 Å². The fourth-order valence-electron chi connectivity index (χ4n) is 2.99. The van der Waals surface area contributed by atoms with Gasteiger partial charge in [0, 0.05) is 16.3 Å². The Morgan fingerprint density at radius 1 is 1.13 bits per heavy atom. The van der Waals surface area contributed by atoms with E-state index in [0.717, 1.165) is 22.7 Å². The Labute approximate surface area is 183 Å². The largest absolute Gasteiger partial charge is 0.467 e. The molecule has 8 heteroatoms. The summed E-state index contributed by atoms with van der Waals surface area (Å²) in [6.45, 7) is 2.51. The zero-order chi connectivity index (χ0) is 20.9. The van der Waals surface area contributed by atoms with Crippen LogP contribution in [0.3, 0.4) is 0 Å². The number of carbonyl (C=O) groups is 1. The van der Waals surface area contributed by atoms with E-state index in [1.54, 1.807) is 30.5 Å². The molecule has 2 heterocycles. The molecule has 30 heavy (non-hydrogen) atoms. The second-order valence-corrected chi connectivity index (χ2v) is 8.07. The van der Waals surface area contributed by atoms with Crippen molar-refractivity contribution in [1.29, 1.82) is 0 Å². The second-order valence-electron chi connectivity index (χ2n) is 6.69. The van der Waals surface area contributed by atoms with Crippen LogP contribution < -0.4 is 5.32 Å². The molecule has 2 aromatic heterocycles. The maximum Gasteiger partial charge on any atom is 0.234 e. The minimum Gasteiger partial charge on any atom is -0.467 e. The first-order chi connectivity index (χ1) is 14.6. The average molecular weight is 439 g/mol. The van der Waals surface area contributed by atoms with Gasteiger partial charge in [0.1, 0.15) is 5.76 Å². The molecule has 6 nitrogen and oxygen atoms in total. The number of amides is 1. The van der Waals surface area contributed by atoms with Crippen LogP contribution in [-0.4, -0.2) is 26.4 Å². The number of halogens is 1. The number of hydrogen-bond donors (Lipinski definition) is 1. The van der Waals surface area contributed by atoms with Crippen molar-refractivity contribution >= 4 is 35.0 Å². The van der Waals surface area contributed by atoms with Crippen LogP contribution in [0.25, 0.3) is 11.4 Å². The number of anilines is 1. The molecule has 0 saturated carbocycles. The number of carbonyl (C=O) groups excluding carboxylic acids is 1. The van der Waals surface area contributed by atoms with Crippen molar-refractivity contribution < 1.29 is 9.21 Å². The van der Waals surface area contributed by atoms with E-state index >= 15 is 0 Å². The Kier molecular flexibility index (Phi) is 6.21. The Morgan fingerprint density at radius 3 is 2.77 bits per heavy atom. The van der Waals surface area contributed by atoms with E-state index in [4.69, 9.17) is 16.0 Å². The van der Waals surface area contributed by atoms with E-state index < -0.39 is 0 Å². The van der Waals surface area contributed by atoms with Crippen molar-refractivity contribution in [1.82, 2.24) is 14.8 Å². The van der Waals surface area contributed by atoms with Crippen LogP contribution in [0.2, 0.25) is 5.02 Å². The maximum atomic E-state index is 12.4. The molecule has 0 atom stereocenters. The normalized spacial score (nSPS) is 10.9. The van der Waals surface area contributed by atoms with Gasteiger partial charge >= 0.3 is 0 Å². The third-order valence-electron chi connectivity index (χ3n) is 4.33. The monoisotopic (exact) mass is 438 g/mol. The van der Waals surface area contributed by atoms with E-state index in [2.05, 4.69) is 21.6 Å². The number of nitrogens with one attached hydrogen (secondary N) is 1. The van der Waals surface area contributed by atoms with Crippen LogP contribution >= 0.6 is 23.4 Å². The van der Waals surface area contributed by atoms with E-state index in [0.29, 0.717) is 22.4 Å². The number of aryl methyl sites for hydroxylation is 1. The number of nitrogens with zero attached hydrogens (tertiary/aromatic N) is 3. The first-order valence-corrected chi connectivity index (χ1v) is 10.7. The molecule has 0 unspecified atom stereocenters. The highest BCUT2D eigenvalue weighted by molar-refractivity contribution is 7.99. The third kappa shape index (κ3) is 4.93. The number of aromatic nitrogens is 3. The van der Waals surface area contributed by atoms with Gasteiger partial charge in [-0.1, -0.05) is 53.2 Å². The van der Waals surface area contributed by atoms with Gasteiger partial charge in [0.2, 0.25) is 5.91 Å². The molecule has 2 aromatic carbocycles. The summed E-state index contributed by atoms with van der Waals surface area (Å²) in [6, 6.07) is 18.9. The summed E-state index contributed by atoms with van der Waals surface area (Å²) in [7, 11) is 0. The molecular formula is C22H19ClN4O2S. The number of hydrogen-bond acceptors (Lipinski definition) is 5. The highest BCUT2D eigenvalue weighted by Gasteiger charge is 2.17. The van der Waals surface area contributed by atoms with Gasteiger partial charge < -0.3 is 9.73 Å². The Hall–Kier alpha value is -3.03. The minimum atomic E-state index is -0.146. The van der Waals surface area contributed by atoms with Gasteiger partial charge in [-0.25, -0.2) is 0 Å². The highest BCUT2D eigenvalue weighted by atomic mass is 35.5. The number of furan rings is 1. The highest BCUT2D eigenvalue weighted by Crippen LogP contribution is 2.26. The summed E-state index contributed by atoms with van der Waals surface area (Å²) in [6.07, 6.45) is 1.64. The summed E-state index contributed by atoms with van der Waals surface area (Å²) in [5, 5.41) is 12.8. The van der Waals surface area contributed by atoms with Gasteiger partial charge in [0.05, 0.1) is 18.6 Å². The number of thioether (sulfide) groups is 1. The molecule has 0 aliphatic rings. The SMILES string of the molecule is Cc1cccc(-c2nnc(SCC(=O)Nc3cccc(Cl)c3)n2Cc2ccco2)c1. The van der Waals surface area contributed by atoms with Gasteiger partial charge in [-0.05, 0) is 43.3 Å². The smallest absolute Gasteiger partial charge is 0.234 e. The molecule has 4 rings (SSSR count). The lowest BCUT2D eigenvalue weighted by Crippen LogP contribution is -2.14. The zero-order valence-electron chi connectivity index (χ0n) is 16.2. The molecule has 0 aliphatic carbocycles. The molecular weight excluding hydrogens is 420 g/mol. The fourth-order valence-corrected chi connectivity index (χ4v) is 3.92. The van der Waals surface area contributed by atoms with E-state index in [1.165, 1.54) is 11.8 Å². The van der Waals surface area contributed by atoms with Gasteiger partial charge in [-0.15, -0.1) is 10.2 Å². The molecule has 1 N–H and O–H groups in total. The van der Waals surface area contributed by atoms with Gasteiger partial charge in [0.25, 0.3) is 0 Å². The summed E-state index contributed by atoms with van der Waals surface area (Å²) >= 11 is 7.30. The number of benzene rings is 2. The molecule has 0 bridgehead atoms. The maximum absolute atomic E-state index is 12.4. The van der Waals surface area contributed by atoms with E-state index in [1.807, 2.05) is 41.8 Å². The van der Waals surface area contributed by atoms with Crippen LogP contribution in [0.1, 0.15) is 11.3 Å². The van der Waals surface area contributed by atoms with Gasteiger partial charge in [-0.3, -0.25) is 9.36 Å². The van der Waals surface area contributed by atoms with Crippen molar-refractivity contribution in [3.8, 4) is 11.4 Å². The fraction of sp³-hybridized carbons (Fsp3) is 0.136. The van der Waals surface area contributed by atoms with Gasteiger partial charge in [-0.2, -0.15) is 0 Å². The van der Waals surface area contributed by atoms with Crippen LogP contribution in [0.5, 0.6) is 0 Å². The Morgan fingerprint density at radius 2 is 2.00 bits per heavy atom. The molecule has 0 radical (unpaired) electrons. The predicted molar refractivity (Wildman–Crippen MR) is 119 cm³/mol. The molecule has 0 spiro atoms. The molecule has 0 aliphatic heterocycles. The molecule has 4 aromatic rings. The van der Waals surface area contributed by atoms with Crippen molar-refractivity contribution in [2.24, 2.45) is 0 Å². The summed E-state index contributed by atoms with van der Waals surface area (Å²) in [5.41, 5.74) is 2.75. The second kappa shape index (κ2) is 9.19. The minimum absolute atomic E-state index is 0.146. The zero-order valence-corrected chi connectivity index (χ0v) is 17.8. The topological polar surface area (TPSA) is 73.0 Å². The number of rotatable bonds is 7. The lowest BCUT2D eigenvalue weighted by Gasteiger charge is -2.10. The molecule has 0 saturated heterocycles. The summed E-state index contributed by atoms with van der Waals surface area (Å²) in [5.74, 6) is 1.56. The predicted octanol–water partition coefficient (Wildman–Crippen LogP) is 5.28. The molecule has 0 fully saturated rings. The van der Waals surface area contributed by atoms with Crippen LogP contribution in [0.4, 0.5) is 5.69 Å². The van der Waals surface area contributed by atoms with Crippen LogP contribution in [0.15, 0.2) is 76.5 Å². The Bertz CT molecular complexity index is 1160. The van der Waals surface area contributed by atoms with Crippen molar-refractivity contribution in [3.05, 3.63) is 83.3 Å². The standard InChI is InChI=1S/C22H19ClN4O2S/c1-15-5-2-6-16(11-15)21-25-26-22(27(21)13-19-9-4-10-29-19)30-14-20(28)24-18-8-3-7-17(23)12-18/h2-12H,13-14H2,1H3,(H,24,28). The third-order valence-corrected chi connectivity index (χ3v) is 5.53. The van der Waals surface area contributed by atoms with Crippen molar-refractivity contribution in [2.45, 2.75) is 18.6 Å². The first kappa shape index (κ1) is 20.3. The van der Waals surface area contributed by atoms with Crippen molar-refractivity contribution in [2.75, 3.05) is 11.1 Å². The van der Waals surface area contributed by atoms with Crippen molar-refractivity contribution in [3.63, 3.8) is 0 Å². The Balaban J connectivity index is 1.54. The lowest BCUT2D eigenvalue weighted by molar-refractivity contribution is -0.113. The molecule has 152 valence electrons.